The lowest BCUT2D eigenvalue weighted by Gasteiger charge is -2.35. The Kier molecular flexibility index (Phi) is 2.82. The summed E-state index contributed by atoms with van der Waals surface area (Å²) in [5, 5.41) is 9.85. The molecule has 2 fully saturated rings. The van der Waals surface area contributed by atoms with Crippen LogP contribution in [0.2, 0.25) is 0 Å². The largest absolute Gasteiger partial charge is 0.390 e. The molecule has 82 valence electrons. The zero-order chi connectivity index (χ0) is 10.2. The minimum absolute atomic E-state index is 0.162. The standard InChI is InChI=1S/C11H21NO2/c1-8-2-3-11(4-8,7-12)9-5-14-6-10(9)13/h8-10,13H,2-7,12H2,1H3. The molecule has 1 saturated heterocycles. The smallest absolute Gasteiger partial charge is 0.0829 e. The molecule has 4 unspecified atom stereocenters. The van der Waals surface area contributed by atoms with Gasteiger partial charge in [-0.1, -0.05) is 13.3 Å². The maximum Gasteiger partial charge on any atom is 0.0829 e. The highest BCUT2D eigenvalue weighted by atomic mass is 16.5. The van der Waals surface area contributed by atoms with Crippen molar-refractivity contribution in [2.45, 2.75) is 32.3 Å². The first-order chi connectivity index (χ1) is 6.68. The van der Waals surface area contributed by atoms with Crippen LogP contribution in [-0.4, -0.2) is 31.0 Å². The van der Waals surface area contributed by atoms with Crippen LogP contribution < -0.4 is 5.73 Å². The Balaban J connectivity index is 2.11. The number of hydrogen-bond donors (Lipinski definition) is 2. The van der Waals surface area contributed by atoms with Gasteiger partial charge in [-0.15, -0.1) is 0 Å². The van der Waals surface area contributed by atoms with Crippen molar-refractivity contribution in [3.63, 3.8) is 0 Å². The van der Waals surface area contributed by atoms with Gasteiger partial charge in [0.1, 0.15) is 0 Å². The Labute approximate surface area is 85.6 Å². The molecule has 1 aliphatic heterocycles. The third-order valence-corrected chi connectivity index (χ3v) is 4.13. The van der Waals surface area contributed by atoms with Gasteiger partial charge in [0.25, 0.3) is 0 Å². The number of aliphatic hydroxyl groups excluding tert-OH is 1. The van der Waals surface area contributed by atoms with E-state index in [-0.39, 0.29) is 17.4 Å². The van der Waals surface area contributed by atoms with Gasteiger partial charge < -0.3 is 15.6 Å². The lowest BCUT2D eigenvalue weighted by atomic mass is 9.72. The molecule has 3 heteroatoms. The molecule has 2 rings (SSSR count). The first kappa shape index (κ1) is 10.4. The van der Waals surface area contributed by atoms with Gasteiger partial charge in [-0.2, -0.15) is 0 Å². The fraction of sp³-hybridized carbons (Fsp3) is 1.00. The van der Waals surface area contributed by atoms with E-state index in [2.05, 4.69) is 6.92 Å². The van der Waals surface area contributed by atoms with Crippen LogP contribution in [0.25, 0.3) is 0 Å². The van der Waals surface area contributed by atoms with E-state index in [0.29, 0.717) is 19.8 Å². The van der Waals surface area contributed by atoms with E-state index >= 15 is 0 Å². The van der Waals surface area contributed by atoms with Gasteiger partial charge in [0.05, 0.1) is 19.3 Å². The second-order valence-corrected chi connectivity index (χ2v) is 5.13. The number of ether oxygens (including phenoxy) is 1. The summed E-state index contributed by atoms with van der Waals surface area (Å²) in [7, 11) is 0. The zero-order valence-electron chi connectivity index (χ0n) is 8.91. The van der Waals surface area contributed by atoms with Gasteiger partial charge in [0, 0.05) is 5.92 Å². The minimum Gasteiger partial charge on any atom is -0.390 e. The van der Waals surface area contributed by atoms with Gasteiger partial charge in [0.15, 0.2) is 0 Å². The first-order valence-electron chi connectivity index (χ1n) is 5.64. The van der Waals surface area contributed by atoms with Crippen molar-refractivity contribution in [2.24, 2.45) is 23.0 Å². The molecule has 0 spiro atoms. The second-order valence-electron chi connectivity index (χ2n) is 5.13. The van der Waals surface area contributed by atoms with Crippen LogP contribution in [0.1, 0.15) is 26.2 Å². The van der Waals surface area contributed by atoms with Crippen molar-refractivity contribution >= 4 is 0 Å². The van der Waals surface area contributed by atoms with Gasteiger partial charge in [-0.05, 0) is 30.7 Å². The summed E-state index contributed by atoms with van der Waals surface area (Å²) in [6, 6.07) is 0. The van der Waals surface area contributed by atoms with Crippen LogP contribution in [0.5, 0.6) is 0 Å². The molecule has 4 atom stereocenters. The van der Waals surface area contributed by atoms with E-state index in [1.807, 2.05) is 0 Å². The average Bonchev–Trinajstić information content (AvgIpc) is 2.73. The molecule has 14 heavy (non-hydrogen) atoms. The van der Waals surface area contributed by atoms with E-state index < -0.39 is 0 Å². The third kappa shape index (κ3) is 1.58. The Hall–Kier alpha value is -0.120. The van der Waals surface area contributed by atoms with Crippen LogP contribution in [0, 0.1) is 17.3 Å². The quantitative estimate of drug-likeness (QED) is 0.690. The normalized spacial score (nSPS) is 48.6. The lowest BCUT2D eigenvalue weighted by Crippen LogP contribution is -2.41. The maximum absolute atomic E-state index is 9.85. The van der Waals surface area contributed by atoms with E-state index in [4.69, 9.17) is 10.5 Å². The van der Waals surface area contributed by atoms with Gasteiger partial charge in [-0.3, -0.25) is 0 Å². The van der Waals surface area contributed by atoms with Gasteiger partial charge >= 0.3 is 0 Å². The van der Waals surface area contributed by atoms with Crippen molar-refractivity contribution in [1.29, 1.82) is 0 Å². The summed E-state index contributed by atoms with van der Waals surface area (Å²) < 4.78 is 5.34. The van der Waals surface area contributed by atoms with Crippen LogP contribution in [0.4, 0.5) is 0 Å². The fourth-order valence-corrected chi connectivity index (χ4v) is 3.23. The summed E-state index contributed by atoms with van der Waals surface area (Å²) in [4.78, 5) is 0. The van der Waals surface area contributed by atoms with Crippen molar-refractivity contribution in [1.82, 2.24) is 0 Å². The second kappa shape index (κ2) is 3.80. The number of aliphatic hydroxyl groups is 1. The van der Waals surface area contributed by atoms with Gasteiger partial charge in [0.2, 0.25) is 0 Å². The monoisotopic (exact) mass is 199 g/mol. The summed E-state index contributed by atoms with van der Waals surface area (Å²) in [5.74, 6) is 1.03. The summed E-state index contributed by atoms with van der Waals surface area (Å²) in [5.41, 5.74) is 6.07. The molecule has 1 heterocycles. The predicted octanol–water partition coefficient (Wildman–Crippen LogP) is 0.759. The molecule has 1 aliphatic carbocycles. The molecule has 2 aliphatic rings. The topological polar surface area (TPSA) is 55.5 Å². The van der Waals surface area contributed by atoms with Crippen LogP contribution in [0.3, 0.4) is 0 Å². The Morgan fingerprint density at radius 2 is 2.29 bits per heavy atom. The highest BCUT2D eigenvalue weighted by Gasteiger charge is 2.47. The lowest BCUT2D eigenvalue weighted by molar-refractivity contribution is 0.0572. The van der Waals surface area contributed by atoms with Crippen LogP contribution >= 0.6 is 0 Å². The van der Waals surface area contributed by atoms with Crippen molar-refractivity contribution in [3.8, 4) is 0 Å². The van der Waals surface area contributed by atoms with Crippen molar-refractivity contribution in [3.05, 3.63) is 0 Å². The highest BCUT2D eigenvalue weighted by Crippen LogP contribution is 2.48. The van der Waals surface area contributed by atoms with E-state index in [1.165, 1.54) is 6.42 Å². The van der Waals surface area contributed by atoms with Crippen LogP contribution in [-0.2, 0) is 4.74 Å². The zero-order valence-corrected chi connectivity index (χ0v) is 8.91. The third-order valence-electron chi connectivity index (χ3n) is 4.13. The molecular formula is C11H21NO2. The Bertz CT molecular complexity index is 209. The van der Waals surface area contributed by atoms with Crippen LogP contribution in [0.15, 0.2) is 0 Å². The van der Waals surface area contributed by atoms with E-state index in [0.717, 1.165) is 18.8 Å². The molecule has 3 N–H and O–H groups in total. The molecule has 0 bridgehead atoms. The number of hydrogen-bond acceptors (Lipinski definition) is 3. The molecule has 0 aromatic rings. The average molecular weight is 199 g/mol. The summed E-state index contributed by atoms with van der Waals surface area (Å²) in [6.45, 7) is 4.17. The summed E-state index contributed by atoms with van der Waals surface area (Å²) >= 11 is 0. The Morgan fingerprint density at radius 1 is 1.50 bits per heavy atom. The highest BCUT2D eigenvalue weighted by molar-refractivity contribution is 4.97. The molecule has 0 aromatic carbocycles. The molecule has 1 saturated carbocycles. The Morgan fingerprint density at radius 3 is 2.71 bits per heavy atom. The first-order valence-corrected chi connectivity index (χ1v) is 5.64. The SMILES string of the molecule is CC1CCC(CN)(C2COCC2O)C1. The van der Waals surface area contributed by atoms with Gasteiger partial charge in [-0.25, -0.2) is 0 Å². The number of nitrogens with two attached hydrogens (primary N) is 1. The molecular weight excluding hydrogens is 178 g/mol. The fourth-order valence-electron chi connectivity index (χ4n) is 3.23. The molecule has 0 aromatic heterocycles. The minimum atomic E-state index is -0.288. The molecule has 0 radical (unpaired) electrons. The number of rotatable bonds is 2. The maximum atomic E-state index is 9.85. The summed E-state index contributed by atoms with van der Waals surface area (Å²) in [6.07, 6.45) is 3.29. The van der Waals surface area contributed by atoms with Crippen molar-refractivity contribution in [2.75, 3.05) is 19.8 Å². The molecule has 3 nitrogen and oxygen atoms in total. The predicted molar refractivity (Wildman–Crippen MR) is 54.8 cm³/mol. The molecule has 0 amide bonds. The van der Waals surface area contributed by atoms with E-state index in [1.54, 1.807) is 0 Å². The van der Waals surface area contributed by atoms with Crippen molar-refractivity contribution < 1.29 is 9.84 Å². The van der Waals surface area contributed by atoms with E-state index in [9.17, 15) is 5.11 Å².